The van der Waals surface area contributed by atoms with Crippen molar-refractivity contribution in [1.82, 2.24) is 9.97 Å². The highest BCUT2D eigenvalue weighted by molar-refractivity contribution is 6.31. The van der Waals surface area contributed by atoms with Gasteiger partial charge in [0.15, 0.2) is 0 Å². The fourth-order valence-corrected chi connectivity index (χ4v) is 1.99. The normalized spacial score (nSPS) is 11.1. The van der Waals surface area contributed by atoms with Crippen LogP contribution in [0.1, 0.15) is 5.56 Å². The number of aromatic nitrogens is 2. The Bertz CT molecular complexity index is 820. The quantitative estimate of drug-likeness (QED) is 0.590. The van der Waals surface area contributed by atoms with Crippen molar-refractivity contribution in [2.24, 2.45) is 5.10 Å². The zero-order valence-electron chi connectivity index (χ0n) is 10.8. The fraction of sp³-hybridized carbons (Fsp3) is 0. The van der Waals surface area contributed by atoms with Gasteiger partial charge >= 0.3 is 0 Å². The minimum atomic E-state index is -0.459. The molecule has 3 rings (SSSR count). The Morgan fingerprint density at radius 2 is 1.86 bits per heavy atom. The van der Waals surface area contributed by atoms with Gasteiger partial charge in [0.1, 0.15) is 5.82 Å². The SMILES string of the molecule is Fc1ccc(N/N=C/c2ccc3nccnc3c2)cc1Cl. The van der Waals surface area contributed by atoms with E-state index in [-0.39, 0.29) is 5.02 Å². The molecule has 2 aromatic carbocycles. The second kappa shape index (κ2) is 5.85. The molecule has 1 N–H and O–H groups in total. The second-order valence-corrected chi connectivity index (χ2v) is 4.71. The van der Waals surface area contributed by atoms with Crippen molar-refractivity contribution >= 4 is 34.5 Å². The van der Waals surface area contributed by atoms with Crippen LogP contribution in [0, 0.1) is 5.82 Å². The van der Waals surface area contributed by atoms with E-state index in [1.165, 1.54) is 12.1 Å². The van der Waals surface area contributed by atoms with E-state index in [0.717, 1.165) is 16.6 Å². The highest BCUT2D eigenvalue weighted by Crippen LogP contribution is 2.19. The van der Waals surface area contributed by atoms with Gasteiger partial charge in [0, 0.05) is 12.4 Å². The number of benzene rings is 2. The molecule has 0 bridgehead atoms. The molecule has 0 spiro atoms. The van der Waals surface area contributed by atoms with E-state index in [9.17, 15) is 4.39 Å². The molecule has 0 fully saturated rings. The molecule has 1 aromatic heterocycles. The maximum atomic E-state index is 13.0. The summed E-state index contributed by atoms with van der Waals surface area (Å²) in [5.74, 6) is -0.459. The number of nitrogens with zero attached hydrogens (tertiary/aromatic N) is 3. The number of halogens is 2. The van der Waals surface area contributed by atoms with Crippen molar-refractivity contribution in [2.45, 2.75) is 0 Å². The van der Waals surface area contributed by atoms with Crippen molar-refractivity contribution in [3.05, 3.63) is 65.2 Å². The van der Waals surface area contributed by atoms with Gasteiger partial charge < -0.3 is 0 Å². The Labute approximate surface area is 125 Å². The summed E-state index contributed by atoms with van der Waals surface area (Å²) in [4.78, 5) is 8.42. The van der Waals surface area contributed by atoms with Crippen LogP contribution in [0.2, 0.25) is 5.02 Å². The minimum absolute atomic E-state index is 0.0520. The number of fused-ring (bicyclic) bond motifs is 1. The summed E-state index contributed by atoms with van der Waals surface area (Å²) in [6, 6.07) is 9.96. The molecule has 6 heteroatoms. The third-order valence-electron chi connectivity index (χ3n) is 2.82. The first-order valence-corrected chi connectivity index (χ1v) is 6.55. The predicted octanol–water partition coefficient (Wildman–Crippen LogP) is 3.87. The average Bonchev–Trinajstić information content (AvgIpc) is 2.51. The van der Waals surface area contributed by atoms with Gasteiger partial charge in [-0.1, -0.05) is 17.7 Å². The van der Waals surface area contributed by atoms with Crippen LogP contribution in [0.3, 0.4) is 0 Å². The second-order valence-electron chi connectivity index (χ2n) is 4.30. The first-order valence-electron chi connectivity index (χ1n) is 6.17. The maximum absolute atomic E-state index is 13.0. The molecule has 0 aliphatic rings. The van der Waals surface area contributed by atoms with Crippen LogP contribution >= 0.6 is 11.6 Å². The van der Waals surface area contributed by atoms with Gasteiger partial charge in [-0.15, -0.1) is 0 Å². The van der Waals surface area contributed by atoms with E-state index in [4.69, 9.17) is 11.6 Å². The van der Waals surface area contributed by atoms with Gasteiger partial charge in [-0.25, -0.2) is 4.39 Å². The lowest BCUT2D eigenvalue weighted by atomic mass is 10.2. The van der Waals surface area contributed by atoms with Crippen LogP contribution in [-0.2, 0) is 0 Å². The van der Waals surface area contributed by atoms with Gasteiger partial charge in [0.05, 0.1) is 28.0 Å². The lowest BCUT2D eigenvalue weighted by Gasteiger charge is -2.01. The summed E-state index contributed by atoms with van der Waals surface area (Å²) < 4.78 is 13.0. The first kappa shape index (κ1) is 13.5. The van der Waals surface area contributed by atoms with Crippen molar-refractivity contribution < 1.29 is 4.39 Å². The molecule has 0 radical (unpaired) electrons. The standard InChI is InChI=1S/C15H10ClFN4/c16-12-8-11(2-3-13(12)17)21-20-9-10-1-4-14-15(7-10)19-6-5-18-14/h1-9,21H/b20-9+. The molecule has 21 heavy (non-hydrogen) atoms. The lowest BCUT2D eigenvalue weighted by Crippen LogP contribution is -1.92. The average molecular weight is 301 g/mol. The third-order valence-corrected chi connectivity index (χ3v) is 3.11. The van der Waals surface area contributed by atoms with Crippen molar-refractivity contribution in [1.29, 1.82) is 0 Å². The molecular weight excluding hydrogens is 291 g/mol. The van der Waals surface area contributed by atoms with E-state index >= 15 is 0 Å². The van der Waals surface area contributed by atoms with Gasteiger partial charge in [-0.05, 0) is 35.9 Å². The van der Waals surface area contributed by atoms with Crippen molar-refractivity contribution in [2.75, 3.05) is 5.43 Å². The van der Waals surface area contributed by atoms with E-state index < -0.39 is 5.82 Å². The molecule has 0 atom stereocenters. The molecule has 0 aliphatic heterocycles. The van der Waals surface area contributed by atoms with Gasteiger partial charge in [0.2, 0.25) is 0 Å². The zero-order chi connectivity index (χ0) is 14.7. The number of anilines is 1. The Balaban J connectivity index is 1.76. The van der Waals surface area contributed by atoms with Crippen LogP contribution in [0.15, 0.2) is 53.9 Å². The van der Waals surface area contributed by atoms with E-state index in [1.54, 1.807) is 24.7 Å². The number of rotatable bonds is 3. The fourth-order valence-electron chi connectivity index (χ4n) is 1.81. The number of hydrogen-bond donors (Lipinski definition) is 1. The van der Waals surface area contributed by atoms with Crippen LogP contribution in [0.25, 0.3) is 11.0 Å². The molecule has 0 saturated heterocycles. The Morgan fingerprint density at radius 3 is 2.67 bits per heavy atom. The number of hydrazone groups is 1. The summed E-state index contributed by atoms with van der Waals surface area (Å²) >= 11 is 5.69. The topological polar surface area (TPSA) is 50.2 Å². The van der Waals surface area contributed by atoms with Crippen molar-refractivity contribution in [3.8, 4) is 0 Å². The first-order chi connectivity index (χ1) is 10.2. The molecule has 104 valence electrons. The van der Waals surface area contributed by atoms with Gasteiger partial charge in [-0.2, -0.15) is 5.10 Å². The largest absolute Gasteiger partial charge is 0.278 e. The summed E-state index contributed by atoms with van der Waals surface area (Å²) in [5.41, 5.74) is 5.90. The minimum Gasteiger partial charge on any atom is -0.278 e. The highest BCUT2D eigenvalue weighted by Gasteiger charge is 1.99. The molecule has 3 aromatic rings. The molecule has 1 heterocycles. The molecule has 0 aliphatic carbocycles. The summed E-state index contributed by atoms with van der Waals surface area (Å²) in [6.07, 6.45) is 4.93. The monoisotopic (exact) mass is 300 g/mol. The van der Waals surface area contributed by atoms with E-state index in [2.05, 4.69) is 20.5 Å². The van der Waals surface area contributed by atoms with E-state index in [1.807, 2.05) is 18.2 Å². The number of nitrogens with one attached hydrogen (secondary N) is 1. The van der Waals surface area contributed by atoms with E-state index in [0.29, 0.717) is 5.69 Å². The molecule has 4 nitrogen and oxygen atoms in total. The summed E-state index contributed by atoms with van der Waals surface area (Å²) in [7, 11) is 0. The van der Waals surface area contributed by atoms with Crippen molar-refractivity contribution in [3.63, 3.8) is 0 Å². The van der Waals surface area contributed by atoms with Crippen LogP contribution in [0.5, 0.6) is 0 Å². The van der Waals surface area contributed by atoms with Crippen LogP contribution < -0.4 is 5.43 Å². The smallest absolute Gasteiger partial charge is 0.141 e. The van der Waals surface area contributed by atoms with Crippen LogP contribution in [-0.4, -0.2) is 16.2 Å². The Kier molecular flexibility index (Phi) is 3.75. The molecule has 0 amide bonds. The number of hydrogen-bond acceptors (Lipinski definition) is 4. The highest BCUT2D eigenvalue weighted by atomic mass is 35.5. The summed E-state index contributed by atoms with van der Waals surface area (Å²) in [6.45, 7) is 0. The molecular formula is C15H10ClFN4. The molecule has 0 unspecified atom stereocenters. The van der Waals surface area contributed by atoms with Crippen LogP contribution in [0.4, 0.5) is 10.1 Å². The summed E-state index contributed by atoms with van der Waals surface area (Å²) in [5, 5.41) is 4.14. The Morgan fingerprint density at radius 1 is 1.05 bits per heavy atom. The maximum Gasteiger partial charge on any atom is 0.141 e. The molecule has 0 saturated carbocycles. The van der Waals surface area contributed by atoms with Gasteiger partial charge in [-0.3, -0.25) is 15.4 Å². The lowest BCUT2D eigenvalue weighted by molar-refractivity contribution is 0.628. The predicted molar refractivity (Wildman–Crippen MR) is 82.2 cm³/mol. The van der Waals surface area contributed by atoms with Gasteiger partial charge in [0.25, 0.3) is 0 Å². The Hall–Kier alpha value is -2.53. The zero-order valence-corrected chi connectivity index (χ0v) is 11.5. The third kappa shape index (κ3) is 3.14.